The normalized spacial score (nSPS) is 18.2. The molecule has 8 nitrogen and oxygen atoms in total. The first-order valence-corrected chi connectivity index (χ1v) is 6.54. The summed E-state index contributed by atoms with van der Waals surface area (Å²) in [6.07, 6.45) is 0.130. The number of nitrogens with zero attached hydrogens (tertiary/aromatic N) is 2. The van der Waals surface area contributed by atoms with Crippen LogP contribution in [0.2, 0.25) is 0 Å². The molecule has 0 atom stereocenters. The summed E-state index contributed by atoms with van der Waals surface area (Å²) in [6, 6.07) is 0. The summed E-state index contributed by atoms with van der Waals surface area (Å²) in [7, 11) is 0. The molecule has 0 spiro atoms. The predicted octanol–water partition coefficient (Wildman–Crippen LogP) is 0.504. The minimum Gasteiger partial charge on any atom is -0.447 e. The molecule has 0 saturated carbocycles. The van der Waals surface area contributed by atoms with Gasteiger partial charge in [-0.3, -0.25) is 9.59 Å². The minimum atomic E-state index is -0.606. The molecule has 2 aliphatic rings. The van der Waals surface area contributed by atoms with E-state index in [1.807, 2.05) is 0 Å². The number of carbonyl (C=O) groups is 4. The van der Waals surface area contributed by atoms with Gasteiger partial charge in [-0.25, -0.2) is 19.4 Å². The third-order valence-corrected chi connectivity index (χ3v) is 3.16. The van der Waals surface area contributed by atoms with Gasteiger partial charge in [0.2, 0.25) is 11.8 Å². The average molecular weight is 284 g/mol. The van der Waals surface area contributed by atoms with Crippen LogP contribution in [0.1, 0.15) is 25.7 Å². The fourth-order valence-corrected chi connectivity index (χ4v) is 2.06. The Bertz CT molecular complexity index is 396. The summed E-state index contributed by atoms with van der Waals surface area (Å²) in [5.74, 6) is -0.582. The zero-order valence-electron chi connectivity index (χ0n) is 11.0. The lowest BCUT2D eigenvalue weighted by atomic mass is 10.1. The second-order valence-electron chi connectivity index (χ2n) is 4.53. The Balaban J connectivity index is 1.64. The number of ether oxygens (including phenoxy) is 2. The van der Waals surface area contributed by atoms with Gasteiger partial charge in [-0.15, -0.1) is 0 Å². The second-order valence-corrected chi connectivity index (χ2v) is 4.53. The Kier molecular flexibility index (Phi) is 4.54. The van der Waals surface area contributed by atoms with E-state index in [4.69, 9.17) is 0 Å². The Morgan fingerprint density at radius 2 is 1.25 bits per heavy atom. The maximum absolute atomic E-state index is 11.7. The zero-order chi connectivity index (χ0) is 14.5. The van der Waals surface area contributed by atoms with Gasteiger partial charge in [-0.1, -0.05) is 0 Å². The van der Waals surface area contributed by atoms with Crippen molar-refractivity contribution < 1.29 is 28.7 Å². The molecule has 4 amide bonds. The number of hydrogen-bond acceptors (Lipinski definition) is 6. The van der Waals surface area contributed by atoms with Gasteiger partial charge in [0.1, 0.15) is 13.2 Å². The molecular formula is C12H16N2O6. The molecule has 0 bridgehead atoms. The summed E-state index contributed by atoms with van der Waals surface area (Å²) >= 11 is 0. The first-order valence-electron chi connectivity index (χ1n) is 6.54. The van der Waals surface area contributed by atoms with Gasteiger partial charge >= 0.3 is 12.2 Å². The molecule has 0 aromatic carbocycles. The molecule has 8 heteroatoms. The molecule has 0 N–H and O–H groups in total. The smallest absolute Gasteiger partial charge is 0.416 e. The van der Waals surface area contributed by atoms with Crippen LogP contribution in [0.4, 0.5) is 9.59 Å². The lowest BCUT2D eigenvalue weighted by molar-refractivity contribution is -0.129. The SMILES string of the molecule is O=C(CCCCC(=O)N1CCOC1=O)N1CCOC1=O. The van der Waals surface area contributed by atoms with E-state index in [9.17, 15) is 19.2 Å². The van der Waals surface area contributed by atoms with Crippen molar-refractivity contribution in [2.75, 3.05) is 26.3 Å². The number of imide groups is 2. The Hall–Kier alpha value is -2.12. The largest absolute Gasteiger partial charge is 0.447 e. The third kappa shape index (κ3) is 3.25. The van der Waals surface area contributed by atoms with Crippen LogP contribution in [0.25, 0.3) is 0 Å². The van der Waals surface area contributed by atoms with Crippen LogP contribution >= 0.6 is 0 Å². The van der Waals surface area contributed by atoms with Crippen molar-refractivity contribution in [1.29, 1.82) is 0 Å². The van der Waals surface area contributed by atoms with Gasteiger partial charge in [0, 0.05) is 12.8 Å². The molecule has 2 rings (SSSR count). The molecule has 0 aromatic heterocycles. The van der Waals surface area contributed by atoms with Crippen molar-refractivity contribution in [2.45, 2.75) is 25.7 Å². The zero-order valence-corrected chi connectivity index (χ0v) is 11.0. The van der Waals surface area contributed by atoms with Crippen molar-refractivity contribution in [3.05, 3.63) is 0 Å². The lowest BCUT2D eigenvalue weighted by Crippen LogP contribution is -2.32. The molecule has 0 unspecified atom stereocenters. The summed E-state index contributed by atoms with van der Waals surface area (Å²) in [5.41, 5.74) is 0. The number of hydrogen-bond donors (Lipinski definition) is 0. The third-order valence-electron chi connectivity index (χ3n) is 3.16. The molecule has 0 radical (unpaired) electrons. The maximum atomic E-state index is 11.7. The summed E-state index contributed by atoms with van der Waals surface area (Å²) in [4.78, 5) is 47.7. The van der Waals surface area contributed by atoms with Gasteiger partial charge < -0.3 is 9.47 Å². The Morgan fingerprint density at radius 3 is 1.55 bits per heavy atom. The van der Waals surface area contributed by atoms with E-state index in [0.717, 1.165) is 9.80 Å². The minimum absolute atomic E-state index is 0.187. The van der Waals surface area contributed by atoms with Crippen molar-refractivity contribution in [2.24, 2.45) is 0 Å². The fourth-order valence-electron chi connectivity index (χ4n) is 2.06. The van der Waals surface area contributed by atoms with Crippen molar-refractivity contribution in [1.82, 2.24) is 9.80 Å². The van der Waals surface area contributed by atoms with E-state index in [0.29, 0.717) is 12.8 Å². The van der Waals surface area contributed by atoms with Crippen molar-refractivity contribution in [3.63, 3.8) is 0 Å². The molecular weight excluding hydrogens is 268 g/mol. The van der Waals surface area contributed by atoms with Gasteiger partial charge in [-0.05, 0) is 12.8 Å². The molecule has 20 heavy (non-hydrogen) atoms. The predicted molar refractivity (Wildman–Crippen MR) is 64.6 cm³/mol. The van der Waals surface area contributed by atoms with Gasteiger partial charge in [0.25, 0.3) is 0 Å². The monoisotopic (exact) mass is 284 g/mol. The van der Waals surface area contributed by atoms with E-state index in [1.54, 1.807) is 0 Å². The highest BCUT2D eigenvalue weighted by molar-refractivity contribution is 5.93. The Morgan fingerprint density at radius 1 is 0.850 bits per heavy atom. The highest BCUT2D eigenvalue weighted by Crippen LogP contribution is 2.11. The molecule has 0 aliphatic carbocycles. The van der Waals surface area contributed by atoms with Gasteiger partial charge in [0.05, 0.1) is 13.1 Å². The number of amides is 4. The lowest BCUT2D eigenvalue weighted by Gasteiger charge is -2.11. The van der Waals surface area contributed by atoms with E-state index in [1.165, 1.54) is 0 Å². The van der Waals surface area contributed by atoms with Crippen LogP contribution in [0.3, 0.4) is 0 Å². The van der Waals surface area contributed by atoms with E-state index < -0.39 is 12.2 Å². The topological polar surface area (TPSA) is 93.2 Å². The quantitative estimate of drug-likeness (QED) is 0.683. The van der Waals surface area contributed by atoms with Crippen LogP contribution in [0.15, 0.2) is 0 Å². The standard InChI is InChI=1S/C12H16N2O6/c15-9(13-5-7-19-11(13)17)3-1-2-4-10(16)14-6-8-20-12(14)18/h1-8H2. The first-order chi connectivity index (χ1) is 9.59. The molecule has 2 fully saturated rings. The number of cyclic esters (lactones) is 2. The summed E-state index contributed by atoms with van der Waals surface area (Å²) in [5, 5.41) is 0. The molecule has 110 valence electrons. The maximum Gasteiger partial charge on any atom is 0.416 e. The van der Waals surface area contributed by atoms with Gasteiger partial charge in [-0.2, -0.15) is 0 Å². The van der Waals surface area contributed by atoms with Crippen LogP contribution in [0.5, 0.6) is 0 Å². The summed E-state index contributed by atoms with van der Waals surface area (Å²) < 4.78 is 9.33. The van der Waals surface area contributed by atoms with Crippen LogP contribution in [-0.4, -0.2) is 60.1 Å². The average Bonchev–Trinajstić information content (AvgIpc) is 3.02. The Labute approximate surface area is 115 Å². The van der Waals surface area contributed by atoms with Crippen LogP contribution in [-0.2, 0) is 19.1 Å². The summed E-state index contributed by atoms with van der Waals surface area (Å²) in [6.45, 7) is 1.05. The molecule has 2 saturated heterocycles. The second kappa shape index (κ2) is 6.36. The van der Waals surface area contributed by atoms with Crippen LogP contribution in [0, 0.1) is 0 Å². The fraction of sp³-hybridized carbons (Fsp3) is 0.667. The number of rotatable bonds is 5. The van der Waals surface area contributed by atoms with E-state index >= 15 is 0 Å². The molecule has 2 aliphatic heterocycles. The van der Waals surface area contributed by atoms with Crippen LogP contribution < -0.4 is 0 Å². The van der Waals surface area contributed by atoms with Crippen molar-refractivity contribution >= 4 is 24.0 Å². The molecule has 2 heterocycles. The van der Waals surface area contributed by atoms with Gasteiger partial charge in [0.15, 0.2) is 0 Å². The number of unbranched alkanes of at least 4 members (excludes halogenated alkanes) is 1. The molecule has 0 aromatic rings. The van der Waals surface area contributed by atoms with E-state index in [-0.39, 0.29) is 51.0 Å². The van der Waals surface area contributed by atoms with Crippen molar-refractivity contribution in [3.8, 4) is 0 Å². The highest BCUT2D eigenvalue weighted by atomic mass is 16.6. The highest BCUT2D eigenvalue weighted by Gasteiger charge is 2.29. The number of carbonyl (C=O) groups excluding carboxylic acids is 4. The van der Waals surface area contributed by atoms with E-state index in [2.05, 4.69) is 9.47 Å². The first kappa shape index (κ1) is 14.3.